The van der Waals surface area contributed by atoms with Gasteiger partial charge < -0.3 is 54.6 Å². The Bertz CT molecular complexity index is 2160. The van der Waals surface area contributed by atoms with Crippen LogP contribution in [0.15, 0.2) is 89.8 Å². The Hall–Kier alpha value is -4.77. The zero-order chi connectivity index (χ0) is 48.8. The predicted octanol–water partition coefficient (Wildman–Crippen LogP) is 4.39. The molecule has 2 amide bonds. The monoisotopic (exact) mass is 969 g/mol. The number of nitro groups is 1. The molecule has 0 spiro atoms. The standard InChI is InChI=1S/C27H35N3O9S.C21H32N2O5/c1-18(2)15-29(40(35,36)21-10-8-20(9-11-21)30(33)34)16-24(31)23(14-19-6-4-3-5-7-19)28-27(32)39-25-17-38-26-22(25)12-13-37-26;1-14(2)11-22-12-18(24)17(10-15-6-4-3-5-7-15)23-21(25)28-19-13-27-20-16(19)8-9-26-20/h3-11,18,22-26,31H,12-17H2,1-2H3,(H,28,32);3-7,14,16-20,22,24H,8-13H2,1-2H3,(H,23,25)/t22-,23+,24-,25-,26+;16-,17+,18-,19-,20+/m11/s1. The number of nitrogens with one attached hydrogen (secondary N) is 3. The van der Waals surface area contributed by atoms with Gasteiger partial charge in [0.15, 0.2) is 12.6 Å². The third kappa shape index (κ3) is 15.1. The fourth-order valence-electron chi connectivity index (χ4n) is 8.61. The molecule has 20 heteroatoms. The Morgan fingerprint density at radius 3 is 1.65 bits per heavy atom. The Balaban J connectivity index is 0.000000238. The highest BCUT2D eigenvalue weighted by Crippen LogP contribution is 2.34. The lowest BCUT2D eigenvalue weighted by molar-refractivity contribution is -0.384. The average Bonchev–Trinajstić information content (AvgIpc) is 4.13. The van der Waals surface area contributed by atoms with Crippen molar-refractivity contribution in [2.75, 3.05) is 52.6 Å². The van der Waals surface area contributed by atoms with Crippen LogP contribution in [0.3, 0.4) is 0 Å². The van der Waals surface area contributed by atoms with E-state index in [9.17, 15) is 38.3 Å². The number of non-ortho nitro benzene ring substituents is 1. The summed E-state index contributed by atoms with van der Waals surface area (Å²) in [5, 5.41) is 41.9. The first kappa shape index (κ1) is 52.6. The number of nitro benzene ring substituents is 1. The van der Waals surface area contributed by atoms with Crippen LogP contribution < -0.4 is 16.0 Å². The van der Waals surface area contributed by atoms with Crippen molar-refractivity contribution in [3.8, 4) is 0 Å². The van der Waals surface area contributed by atoms with E-state index in [4.69, 9.17) is 28.4 Å². The molecule has 4 fully saturated rings. The van der Waals surface area contributed by atoms with E-state index in [1.54, 1.807) is 0 Å². The van der Waals surface area contributed by atoms with Crippen LogP contribution in [0.2, 0.25) is 0 Å². The van der Waals surface area contributed by atoms with Gasteiger partial charge in [-0.1, -0.05) is 88.4 Å². The number of hydrogen-bond acceptors (Lipinski definition) is 15. The Labute approximate surface area is 398 Å². The maximum atomic E-state index is 13.5. The Kier molecular flexibility index (Phi) is 19.5. The summed E-state index contributed by atoms with van der Waals surface area (Å²) in [4.78, 5) is 35.7. The second-order valence-electron chi connectivity index (χ2n) is 18.5. The number of carbonyl (C=O) groups is 2. The van der Waals surface area contributed by atoms with Crippen molar-refractivity contribution in [1.82, 2.24) is 20.3 Å². The highest BCUT2D eigenvalue weighted by molar-refractivity contribution is 7.89. The highest BCUT2D eigenvalue weighted by Gasteiger charge is 2.45. The van der Waals surface area contributed by atoms with Crippen molar-refractivity contribution in [2.24, 2.45) is 23.7 Å². The topological polar surface area (TPSA) is 247 Å². The van der Waals surface area contributed by atoms with Crippen molar-refractivity contribution < 1.29 is 61.6 Å². The first-order valence-electron chi connectivity index (χ1n) is 23.4. The SMILES string of the molecule is CC(C)CN(C[C@@H](O)[C@H](Cc1ccccc1)NC(=O)O[C@@H]1CO[C@@H]2OCC[C@@H]21)S(=O)(=O)c1ccc([N+](=O)[O-])cc1.CC(C)CNC[C@@H](O)[C@H](Cc1ccccc1)NC(=O)O[C@@H]1CO[C@@H]2OCC[C@@H]21. The summed E-state index contributed by atoms with van der Waals surface area (Å²) in [5.74, 6) is 0.434. The smallest absolute Gasteiger partial charge is 0.407 e. The van der Waals surface area contributed by atoms with Crippen LogP contribution >= 0.6 is 0 Å². The fraction of sp³-hybridized carbons (Fsp3) is 0.583. The molecule has 0 unspecified atom stereocenters. The van der Waals surface area contributed by atoms with E-state index in [1.165, 1.54) is 12.1 Å². The van der Waals surface area contributed by atoms with Gasteiger partial charge in [0.1, 0.15) is 12.2 Å². The Morgan fingerprint density at radius 1 is 0.706 bits per heavy atom. The van der Waals surface area contributed by atoms with E-state index in [-0.39, 0.29) is 66.8 Å². The lowest BCUT2D eigenvalue weighted by Crippen LogP contribution is -2.51. The van der Waals surface area contributed by atoms with Crippen LogP contribution in [0, 0.1) is 33.8 Å². The lowest BCUT2D eigenvalue weighted by atomic mass is 10.0. The number of fused-ring (bicyclic) bond motifs is 2. The minimum atomic E-state index is -4.12. The molecule has 10 atom stereocenters. The number of carbonyl (C=O) groups excluding carboxylic acids is 2. The number of sulfonamides is 1. The van der Waals surface area contributed by atoms with Gasteiger partial charge in [-0.15, -0.1) is 0 Å². The molecule has 3 aromatic rings. The molecule has 0 aromatic heterocycles. The van der Waals surface area contributed by atoms with Crippen molar-refractivity contribution in [3.05, 3.63) is 106 Å². The molecule has 0 saturated carbocycles. The van der Waals surface area contributed by atoms with Crippen LogP contribution in [0.1, 0.15) is 51.7 Å². The number of ether oxygens (including phenoxy) is 6. The number of aliphatic hydroxyl groups is 2. The quantitative estimate of drug-likeness (QED) is 0.0734. The molecule has 4 heterocycles. The normalized spacial score (nSPS) is 23.8. The number of benzene rings is 3. The molecule has 4 aliphatic heterocycles. The molecule has 374 valence electrons. The first-order chi connectivity index (χ1) is 32.6. The van der Waals surface area contributed by atoms with Crippen molar-refractivity contribution in [2.45, 2.75) is 107 Å². The summed E-state index contributed by atoms with van der Waals surface area (Å²) in [7, 11) is -4.12. The number of alkyl carbamates (subject to hydrolysis) is 2. The molecule has 0 aliphatic carbocycles. The van der Waals surface area contributed by atoms with E-state index >= 15 is 0 Å². The average molecular weight is 970 g/mol. The molecule has 4 saturated heterocycles. The minimum Gasteiger partial charge on any atom is -0.443 e. The van der Waals surface area contributed by atoms with Crippen LogP contribution in [0.5, 0.6) is 0 Å². The molecule has 5 N–H and O–H groups in total. The number of amides is 2. The summed E-state index contributed by atoms with van der Waals surface area (Å²) in [6.45, 7) is 10.6. The fourth-order valence-corrected chi connectivity index (χ4v) is 10.2. The van der Waals surface area contributed by atoms with E-state index in [0.717, 1.165) is 40.5 Å². The molecule has 7 rings (SSSR count). The zero-order valence-corrected chi connectivity index (χ0v) is 39.9. The van der Waals surface area contributed by atoms with Crippen LogP contribution in [-0.4, -0.2) is 142 Å². The van der Waals surface area contributed by atoms with Gasteiger partial charge in [-0.05, 0) is 67.3 Å². The maximum Gasteiger partial charge on any atom is 0.407 e. The Morgan fingerprint density at radius 2 is 1.19 bits per heavy atom. The van der Waals surface area contributed by atoms with Gasteiger partial charge in [0.25, 0.3) is 5.69 Å². The molecule has 68 heavy (non-hydrogen) atoms. The molecule has 3 aromatic carbocycles. The second-order valence-corrected chi connectivity index (χ2v) is 20.4. The van der Waals surface area contributed by atoms with Gasteiger partial charge in [0, 0.05) is 31.8 Å². The number of aliphatic hydroxyl groups excluding tert-OH is 2. The largest absolute Gasteiger partial charge is 0.443 e. The summed E-state index contributed by atoms with van der Waals surface area (Å²) >= 11 is 0. The summed E-state index contributed by atoms with van der Waals surface area (Å²) in [5.41, 5.74) is 1.64. The molecule has 4 aliphatic rings. The van der Waals surface area contributed by atoms with Crippen molar-refractivity contribution >= 4 is 27.9 Å². The van der Waals surface area contributed by atoms with Crippen LogP contribution in [-0.2, 0) is 51.3 Å². The number of hydrogen-bond donors (Lipinski definition) is 5. The zero-order valence-electron chi connectivity index (χ0n) is 39.1. The molecule has 0 radical (unpaired) electrons. The number of rotatable bonds is 21. The van der Waals surface area contributed by atoms with Crippen molar-refractivity contribution in [3.63, 3.8) is 0 Å². The van der Waals surface area contributed by atoms with Gasteiger partial charge in [-0.2, -0.15) is 4.31 Å². The van der Waals surface area contributed by atoms with Gasteiger partial charge in [0.05, 0.1) is 72.4 Å². The van der Waals surface area contributed by atoms with Crippen LogP contribution in [0.4, 0.5) is 15.3 Å². The van der Waals surface area contributed by atoms with Crippen molar-refractivity contribution in [1.29, 1.82) is 0 Å². The van der Waals surface area contributed by atoms with Gasteiger partial charge in [-0.25, -0.2) is 18.0 Å². The number of nitrogens with zero attached hydrogens (tertiary/aromatic N) is 2. The lowest BCUT2D eigenvalue weighted by Gasteiger charge is -2.31. The third-order valence-electron chi connectivity index (χ3n) is 12.2. The molecular formula is C48H67N5O14S. The van der Waals surface area contributed by atoms with Gasteiger partial charge in [-0.3, -0.25) is 10.1 Å². The van der Waals surface area contributed by atoms with Crippen LogP contribution in [0.25, 0.3) is 0 Å². The minimum absolute atomic E-state index is 0.0587. The maximum absolute atomic E-state index is 13.5. The second kappa shape index (κ2) is 25.2. The van der Waals surface area contributed by atoms with Gasteiger partial charge in [0.2, 0.25) is 10.0 Å². The summed E-state index contributed by atoms with van der Waals surface area (Å²) in [6.07, 6.45) is -2.45. The summed E-state index contributed by atoms with van der Waals surface area (Å²) < 4.78 is 61.4. The highest BCUT2D eigenvalue weighted by atomic mass is 32.2. The molecular weight excluding hydrogens is 903 g/mol. The molecule has 19 nitrogen and oxygen atoms in total. The molecule has 0 bridgehead atoms. The van der Waals surface area contributed by atoms with E-state index in [1.807, 2.05) is 74.5 Å². The predicted molar refractivity (Wildman–Crippen MR) is 249 cm³/mol. The van der Waals surface area contributed by atoms with Gasteiger partial charge >= 0.3 is 12.2 Å². The first-order valence-corrected chi connectivity index (χ1v) is 24.8. The van der Waals surface area contributed by atoms with E-state index in [2.05, 4.69) is 29.8 Å². The summed E-state index contributed by atoms with van der Waals surface area (Å²) in [6, 6.07) is 22.3. The van der Waals surface area contributed by atoms with E-state index in [0.29, 0.717) is 45.1 Å². The van der Waals surface area contributed by atoms with E-state index < -0.39 is 63.8 Å². The third-order valence-corrected chi connectivity index (χ3v) is 14.0.